The molecular formula is C15H20N2OS. The smallest absolute Gasteiger partial charge is 0.126 e. The van der Waals surface area contributed by atoms with Crippen LogP contribution in [0.3, 0.4) is 0 Å². The van der Waals surface area contributed by atoms with Gasteiger partial charge >= 0.3 is 0 Å². The minimum atomic E-state index is -1.30. The van der Waals surface area contributed by atoms with Gasteiger partial charge in [-0.1, -0.05) is 37.0 Å². The molecule has 3 nitrogen and oxygen atoms in total. The number of nitrogens with one attached hydrogen (secondary N) is 1. The van der Waals surface area contributed by atoms with Crippen molar-refractivity contribution in [3.05, 3.63) is 29.8 Å². The maximum absolute atomic E-state index is 12.2. The van der Waals surface area contributed by atoms with Gasteiger partial charge in [-0.15, -0.1) is 0 Å². The van der Waals surface area contributed by atoms with Gasteiger partial charge in [-0.3, -0.25) is 0 Å². The normalized spacial score (nSPS) is 19.6. The van der Waals surface area contributed by atoms with E-state index in [4.69, 9.17) is 0 Å². The summed E-state index contributed by atoms with van der Waals surface area (Å²) in [4.78, 5) is 0.738. The van der Waals surface area contributed by atoms with Crippen molar-refractivity contribution in [2.75, 3.05) is 0 Å². The molecule has 1 aliphatic carbocycles. The number of hydrogen-bond donors (Lipinski definition) is 1. The van der Waals surface area contributed by atoms with Crippen LogP contribution in [0.1, 0.15) is 37.7 Å². The fourth-order valence-corrected chi connectivity index (χ4v) is 3.54. The predicted molar refractivity (Wildman–Crippen MR) is 76.7 cm³/mol. The van der Waals surface area contributed by atoms with Crippen LogP contribution in [0.5, 0.6) is 0 Å². The molecule has 1 unspecified atom stereocenters. The molecule has 0 heterocycles. The molecule has 4 heteroatoms. The Morgan fingerprint density at radius 2 is 1.89 bits per heavy atom. The van der Waals surface area contributed by atoms with Crippen LogP contribution < -0.4 is 4.72 Å². The Morgan fingerprint density at radius 3 is 2.47 bits per heavy atom. The number of hydrogen-bond acceptors (Lipinski definition) is 2. The summed E-state index contributed by atoms with van der Waals surface area (Å²) in [6.45, 7) is 2.00. The summed E-state index contributed by atoms with van der Waals surface area (Å²) < 4.78 is 15.2. The number of rotatable bonds is 4. The molecular weight excluding hydrogens is 256 g/mol. The van der Waals surface area contributed by atoms with Crippen LogP contribution in [0.2, 0.25) is 0 Å². The average molecular weight is 276 g/mol. The molecule has 1 saturated carbocycles. The Kier molecular flexibility index (Phi) is 5.12. The van der Waals surface area contributed by atoms with E-state index in [1.165, 1.54) is 19.3 Å². The Balaban J connectivity index is 1.99. The van der Waals surface area contributed by atoms with E-state index in [1.54, 1.807) is 0 Å². The number of nitriles is 1. The third-order valence-electron chi connectivity index (χ3n) is 3.73. The fraction of sp³-hybridized carbons (Fsp3) is 0.533. The van der Waals surface area contributed by atoms with E-state index in [9.17, 15) is 9.47 Å². The summed E-state index contributed by atoms with van der Waals surface area (Å²) in [5.74, 6) is 0.341. The lowest BCUT2D eigenvalue weighted by molar-refractivity contribution is 0.326. The Morgan fingerprint density at radius 1 is 1.26 bits per heavy atom. The first kappa shape index (κ1) is 14.2. The van der Waals surface area contributed by atoms with Gasteiger partial charge in [0.2, 0.25) is 0 Å². The molecule has 0 aromatic heterocycles. The lowest BCUT2D eigenvalue weighted by Crippen LogP contribution is -2.37. The highest BCUT2D eigenvalue weighted by Crippen LogP contribution is 2.26. The van der Waals surface area contributed by atoms with E-state index in [2.05, 4.69) is 10.8 Å². The second kappa shape index (κ2) is 6.83. The summed E-state index contributed by atoms with van der Waals surface area (Å²) in [6.07, 6.45) is 5.76. The van der Waals surface area contributed by atoms with Crippen molar-refractivity contribution in [2.45, 2.75) is 50.0 Å². The first-order chi connectivity index (χ1) is 9.20. The van der Waals surface area contributed by atoms with Crippen molar-refractivity contribution in [3.63, 3.8) is 0 Å². The standard InChI is InChI=1S/C15H20N2OS/c1-12-7-9-14(10-8-12)19(18)17-15(11-16)13-5-3-2-4-6-13/h7-10,13,15,17H,2-6H2,1H3/t15-,19?/m1/s1. The molecule has 0 amide bonds. The third-order valence-corrected chi connectivity index (χ3v) is 4.90. The Hall–Kier alpha value is -1.18. The van der Waals surface area contributed by atoms with Gasteiger partial charge in [0.25, 0.3) is 0 Å². The van der Waals surface area contributed by atoms with Crippen LogP contribution in [-0.2, 0) is 11.0 Å². The zero-order valence-corrected chi connectivity index (χ0v) is 12.1. The first-order valence-corrected chi connectivity index (χ1v) is 8.00. The molecule has 1 aromatic rings. The second-order valence-electron chi connectivity index (χ2n) is 5.20. The molecule has 2 atom stereocenters. The lowest BCUT2D eigenvalue weighted by atomic mass is 9.85. The summed E-state index contributed by atoms with van der Waals surface area (Å²) in [7, 11) is -1.30. The van der Waals surface area contributed by atoms with Gasteiger partial charge in [-0.05, 0) is 37.8 Å². The maximum Gasteiger partial charge on any atom is 0.126 e. The van der Waals surface area contributed by atoms with E-state index in [0.29, 0.717) is 5.92 Å². The number of aryl methyl sites for hydroxylation is 1. The van der Waals surface area contributed by atoms with Gasteiger partial charge < -0.3 is 0 Å². The number of benzene rings is 1. The van der Waals surface area contributed by atoms with Crippen LogP contribution in [0.4, 0.5) is 0 Å². The van der Waals surface area contributed by atoms with Crippen LogP contribution in [0.25, 0.3) is 0 Å². The topological polar surface area (TPSA) is 52.9 Å². The van der Waals surface area contributed by atoms with Crippen molar-refractivity contribution in [2.24, 2.45) is 5.92 Å². The van der Waals surface area contributed by atoms with Gasteiger partial charge in [0.05, 0.1) is 11.0 Å². The average Bonchev–Trinajstić information content (AvgIpc) is 2.46. The van der Waals surface area contributed by atoms with Crippen LogP contribution in [-0.4, -0.2) is 10.3 Å². The zero-order chi connectivity index (χ0) is 13.7. The molecule has 19 heavy (non-hydrogen) atoms. The molecule has 0 radical (unpaired) electrons. The molecule has 0 aliphatic heterocycles. The van der Waals surface area contributed by atoms with Gasteiger partial charge in [-0.25, -0.2) is 8.93 Å². The molecule has 2 rings (SSSR count). The molecule has 1 N–H and O–H groups in total. The lowest BCUT2D eigenvalue weighted by Gasteiger charge is -2.25. The molecule has 0 spiro atoms. The molecule has 102 valence electrons. The number of nitrogens with zero attached hydrogens (tertiary/aromatic N) is 1. The highest BCUT2D eigenvalue weighted by Gasteiger charge is 2.25. The first-order valence-electron chi connectivity index (χ1n) is 6.85. The summed E-state index contributed by atoms with van der Waals surface area (Å²) in [5, 5.41) is 9.27. The van der Waals surface area contributed by atoms with Gasteiger partial charge in [0.1, 0.15) is 17.0 Å². The summed E-state index contributed by atoms with van der Waals surface area (Å²) in [6, 6.07) is 9.57. The van der Waals surface area contributed by atoms with Gasteiger partial charge in [0.15, 0.2) is 0 Å². The molecule has 1 aliphatic rings. The molecule has 0 saturated heterocycles. The van der Waals surface area contributed by atoms with Crippen molar-refractivity contribution >= 4 is 11.0 Å². The van der Waals surface area contributed by atoms with Crippen LogP contribution in [0, 0.1) is 24.2 Å². The largest absolute Gasteiger partial charge is 0.237 e. The summed E-state index contributed by atoms with van der Waals surface area (Å²) in [5.41, 5.74) is 1.14. The van der Waals surface area contributed by atoms with Gasteiger partial charge in [0, 0.05) is 0 Å². The zero-order valence-electron chi connectivity index (χ0n) is 11.3. The third kappa shape index (κ3) is 3.89. The molecule has 1 fully saturated rings. The minimum absolute atomic E-state index is 0.303. The van der Waals surface area contributed by atoms with E-state index in [-0.39, 0.29) is 6.04 Å². The van der Waals surface area contributed by atoms with Crippen molar-refractivity contribution in [1.29, 1.82) is 5.26 Å². The van der Waals surface area contributed by atoms with E-state index < -0.39 is 11.0 Å². The van der Waals surface area contributed by atoms with E-state index >= 15 is 0 Å². The second-order valence-corrected chi connectivity index (χ2v) is 6.45. The predicted octanol–water partition coefficient (Wildman–Crippen LogP) is 3.08. The SMILES string of the molecule is Cc1ccc(S(=O)N[C@H](C#N)C2CCCCC2)cc1. The highest BCUT2D eigenvalue weighted by atomic mass is 32.2. The quantitative estimate of drug-likeness (QED) is 0.918. The van der Waals surface area contributed by atoms with Crippen molar-refractivity contribution < 1.29 is 4.21 Å². The fourth-order valence-electron chi connectivity index (χ4n) is 2.54. The van der Waals surface area contributed by atoms with Crippen molar-refractivity contribution in [3.8, 4) is 6.07 Å². The summed E-state index contributed by atoms with van der Waals surface area (Å²) >= 11 is 0. The van der Waals surface area contributed by atoms with Crippen molar-refractivity contribution in [1.82, 2.24) is 4.72 Å². The monoisotopic (exact) mass is 276 g/mol. The molecule has 0 bridgehead atoms. The van der Waals surface area contributed by atoms with Gasteiger partial charge in [-0.2, -0.15) is 5.26 Å². The Bertz CT molecular complexity index is 472. The Labute approximate surface area is 117 Å². The van der Waals surface area contributed by atoms with E-state index in [1.807, 2.05) is 31.2 Å². The maximum atomic E-state index is 12.2. The van der Waals surface area contributed by atoms with Crippen LogP contribution in [0.15, 0.2) is 29.2 Å². The minimum Gasteiger partial charge on any atom is -0.237 e. The van der Waals surface area contributed by atoms with E-state index in [0.717, 1.165) is 23.3 Å². The molecule has 1 aromatic carbocycles. The highest BCUT2D eigenvalue weighted by molar-refractivity contribution is 7.83. The van der Waals surface area contributed by atoms with Crippen LogP contribution >= 0.6 is 0 Å².